The first-order chi connectivity index (χ1) is 11.6. The van der Waals surface area contributed by atoms with Crippen molar-refractivity contribution in [3.05, 3.63) is 29.8 Å². The molecule has 1 unspecified atom stereocenters. The number of nitrogens with one attached hydrogen (secondary N) is 2. The van der Waals surface area contributed by atoms with Gasteiger partial charge in [-0.15, -0.1) is 24.8 Å². The van der Waals surface area contributed by atoms with Gasteiger partial charge in [0.05, 0.1) is 6.61 Å². The van der Waals surface area contributed by atoms with Gasteiger partial charge in [-0.3, -0.25) is 4.79 Å². The molecule has 1 aromatic rings. The fraction of sp³-hybridized carbons (Fsp3) is 0.611. The normalized spacial score (nSPS) is 16.3. The van der Waals surface area contributed by atoms with E-state index >= 15 is 0 Å². The lowest BCUT2D eigenvalue weighted by Crippen LogP contribution is -2.41. The molecule has 0 aromatic heterocycles. The van der Waals surface area contributed by atoms with E-state index in [2.05, 4.69) is 29.6 Å². The summed E-state index contributed by atoms with van der Waals surface area (Å²) < 4.78 is 5.71. The molecular weight excluding hydrogens is 393 g/mol. The quantitative estimate of drug-likeness (QED) is 0.597. The Bertz CT molecular complexity index is 498. The Hall–Kier alpha value is -0.660. The highest BCUT2D eigenvalue weighted by Crippen LogP contribution is 2.13. The number of rotatable bonds is 9. The summed E-state index contributed by atoms with van der Waals surface area (Å²) in [6.45, 7) is 3.32. The van der Waals surface area contributed by atoms with Crippen LogP contribution in [0.5, 0.6) is 5.75 Å². The first kappa shape index (κ1) is 25.3. The third kappa shape index (κ3) is 10.5. The maximum absolute atomic E-state index is 12.0. The van der Waals surface area contributed by atoms with Gasteiger partial charge < -0.3 is 20.3 Å². The van der Waals surface area contributed by atoms with Crippen molar-refractivity contribution < 1.29 is 9.53 Å². The van der Waals surface area contributed by atoms with E-state index in [1.807, 2.05) is 36.0 Å². The number of hydrogen-bond acceptors (Lipinski definition) is 5. The molecule has 1 heterocycles. The molecule has 1 fully saturated rings. The number of ether oxygens (including phenoxy) is 1. The van der Waals surface area contributed by atoms with Gasteiger partial charge >= 0.3 is 0 Å². The highest BCUT2D eigenvalue weighted by atomic mass is 35.5. The van der Waals surface area contributed by atoms with Crippen molar-refractivity contribution in [2.75, 3.05) is 45.3 Å². The van der Waals surface area contributed by atoms with Crippen LogP contribution in [0.4, 0.5) is 0 Å². The van der Waals surface area contributed by atoms with Gasteiger partial charge in [0.1, 0.15) is 5.75 Å². The molecule has 0 radical (unpaired) electrons. The van der Waals surface area contributed by atoms with Crippen molar-refractivity contribution in [3.63, 3.8) is 0 Å². The minimum atomic E-state index is 0. The van der Waals surface area contributed by atoms with Crippen LogP contribution in [-0.4, -0.2) is 62.1 Å². The van der Waals surface area contributed by atoms with Crippen molar-refractivity contribution in [2.24, 2.45) is 0 Å². The number of carbonyl (C=O) groups excluding carboxylic acids is 1. The maximum atomic E-state index is 12.0. The number of carbonyl (C=O) groups is 1. The Labute approximate surface area is 173 Å². The summed E-state index contributed by atoms with van der Waals surface area (Å²) in [5, 5.41) is 6.38. The molecule has 26 heavy (non-hydrogen) atoms. The molecule has 1 saturated heterocycles. The van der Waals surface area contributed by atoms with Crippen LogP contribution in [0.2, 0.25) is 0 Å². The number of thioether (sulfide) groups is 1. The number of amides is 1. The average Bonchev–Trinajstić information content (AvgIpc) is 2.59. The molecule has 150 valence electrons. The lowest BCUT2D eigenvalue weighted by molar-refractivity contribution is -0.121. The van der Waals surface area contributed by atoms with Crippen LogP contribution in [-0.2, 0) is 11.3 Å². The van der Waals surface area contributed by atoms with Crippen LogP contribution in [0.25, 0.3) is 0 Å². The van der Waals surface area contributed by atoms with E-state index in [4.69, 9.17) is 4.74 Å². The maximum Gasteiger partial charge on any atom is 0.221 e. The fourth-order valence-corrected chi connectivity index (χ4v) is 3.47. The summed E-state index contributed by atoms with van der Waals surface area (Å²) >= 11 is 1.91. The Kier molecular flexibility index (Phi) is 14.0. The Morgan fingerprint density at radius 3 is 2.65 bits per heavy atom. The molecule has 5 nitrogen and oxygen atoms in total. The summed E-state index contributed by atoms with van der Waals surface area (Å²) in [4.78, 5) is 14.1. The van der Waals surface area contributed by atoms with Gasteiger partial charge in [0.25, 0.3) is 0 Å². The molecule has 2 rings (SSSR count). The summed E-state index contributed by atoms with van der Waals surface area (Å²) in [6, 6.07) is 8.26. The first-order valence-corrected chi connectivity index (χ1v) is 9.73. The molecule has 0 spiro atoms. The Balaban J connectivity index is 0.00000312. The molecule has 0 aliphatic carbocycles. The number of benzene rings is 1. The first-order valence-electron chi connectivity index (χ1n) is 8.58. The van der Waals surface area contributed by atoms with Crippen molar-refractivity contribution in [3.8, 4) is 5.75 Å². The van der Waals surface area contributed by atoms with E-state index in [9.17, 15) is 4.79 Å². The highest BCUT2D eigenvalue weighted by molar-refractivity contribution is 7.99. The van der Waals surface area contributed by atoms with E-state index in [1.165, 1.54) is 0 Å². The van der Waals surface area contributed by atoms with Crippen molar-refractivity contribution in [1.29, 1.82) is 0 Å². The van der Waals surface area contributed by atoms with E-state index in [-0.39, 0.29) is 30.7 Å². The zero-order valence-corrected chi connectivity index (χ0v) is 18.0. The summed E-state index contributed by atoms with van der Waals surface area (Å²) in [6.07, 6.45) is 1.57. The lowest BCUT2D eigenvalue weighted by Gasteiger charge is -2.22. The zero-order chi connectivity index (χ0) is 17.2. The highest BCUT2D eigenvalue weighted by Gasteiger charge is 2.16. The largest absolute Gasteiger partial charge is 0.494 e. The van der Waals surface area contributed by atoms with Gasteiger partial charge in [-0.1, -0.05) is 12.1 Å². The Morgan fingerprint density at radius 1 is 1.31 bits per heavy atom. The standard InChI is InChI=1S/C18H29N3O2S.2ClH/c1-21(2)9-3-10-23-17-6-4-15(5-7-17)13-20-18(22)12-16-14-24-11-8-19-16;;/h4-7,16,19H,3,8-14H2,1-2H3,(H,20,22);2*1H. The molecule has 1 aliphatic heterocycles. The minimum Gasteiger partial charge on any atom is -0.494 e. The summed E-state index contributed by atoms with van der Waals surface area (Å²) in [5.41, 5.74) is 1.09. The van der Waals surface area contributed by atoms with E-state index in [0.717, 1.165) is 48.9 Å². The van der Waals surface area contributed by atoms with Crippen molar-refractivity contribution in [1.82, 2.24) is 15.5 Å². The average molecular weight is 424 g/mol. The van der Waals surface area contributed by atoms with Gasteiger partial charge in [0.15, 0.2) is 0 Å². The topological polar surface area (TPSA) is 53.6 Å². The Morgan fingerprint density at radius 2 is 2.04 bits per heavy atom. The van der Waals surface area contributed by atoms with Crippen LogP contribution < -0.4 is 15.4 Å². The van der Waals surface area contributed by atoms with Crippen LogP contribution >= 0.6 is 36.6 Å². The number of halogens is 2. The molecule has 0 bridgehead atoms. The molecule has 1 amide bonds. The predicted octanol–water partition coefficient (Wildman–Crippen LogP) is 2.57. The SMILES string of the molecule is CN(C)CCCOc1ccc(CNC(=O)CC2CSCCN2)cc1.Cl.Cl. The second kappa shape index (κ2) is 14.4. The summed E-state index contributed by atoms with van der Waals surface area (Å²) in [7, 11) is 4.12. The molecule has 2 N–H and O–H groups in total. The third-order valence-electron chi connectivity index (χ3n) is 3.86. The molecule has 1 atom stereocenters. The van der Waals surface area contributed by atoms with Gasteiger partial charge in [0, 0.05) is 43.6 Å². The fourth-order valence-electron chi connectivity index (χ4n) is 2.52. The van der Waals surface area contributed by atoms with Gasteiger partial charge in [-0.25, -0.2) is 0 Å². The number of hydrogen-bond donors (Lipinski definition) is 2. The molecule has 1 aliphatic rings. The lowest BCUT2D eigenvalue weighted by atomic mass is 10.2. The molecule has 8 heteroatoms. The van der Waals surface area contributed by atoms with Crippen molar-refractivity contribution >= 4 is 42.5 Å². The monoisotopic (exact) mass is 423 g/mol. The number of nitrogens with zero attached hydrogens (tertiary/aromatic N) is 1. The summed E-state index contributed by atoms with van der Waals surface area (Å²) in [5.74, 6) is 3.15. The van der Waals surface area contributed by atoms with E-state index < -0.39 is 0 Å². The van der Waals surface area contributed by atoms with Crippen LogP contribution in [0.1, 0.15) is 18.4 Å². The van der Waals surface area contributed by atoms with Crippen LogP contribution in [0, 0.1) is 0 Å². The predicted molar refractivity (Wildman–Crippen MR) is 115 cm³/mol. The van der Waals surface area contributed by atoms with Gasteiger partial charge in [0.2, 0.25) is 5.91 Å². The molecular formula is C18H31Cl2N3O2S. The van der Waals surface area contributed by atoms with Gasteiger partial charge in [-0.2, -0.15) is 11.8 Å². The van der Waals surface area contributed by atoms with Crippen molar-refractivity contribution in [2.45, 2.75) is 25.4 Å². The smallest absolute Gasteiger partial charge is 0.221 e. The van der Waals surface area contributed by atoms with E-state index in [1.54, 1.807) is 0 Å². The zero-order valence-electron chi connectivity index (χ0n) is 15.5. The second-order valence-corrected chi connectivity index (χ2v) is 7.51. The third-order valence-corrected chi connectivity index (χ3v) is 4.99. The van der Waals surface area contributed by atoms with E-state index in [0.29, 0.717) is 19.0 Å². The minimum absolute atomic E-state index is 0. The second-order valence-electron chi connectivity index (χ2n) is 6.36. The van der Waals surface area contributed by atoms with Crippen LogP contribution in [0.3, 0.4) is 0 Å². The van der Waals surface area contributed by atoms with Gasteiger partial charge in [-0.05, 0) is 38.2 Å². The molecule has 1 aromatic carbocycles. The van der Waals surface area contributed by atoms with Crippen LogP contribution in [0.15, 0.2) is 24.3 Å². The molecule has 0 saturated carbocycles.